The molecule has 1 aliphatic heterocycles. The van der Waals surface area contributed by atoms with Crippen molar-refractivity contribution in [2.75, 3.05) is 13.1 Å². The third-order valence-electron chi connectivity index (χ3n) is 3.31. The molecule has 1 N–H and O–H groups in total. The molecule has 0 aliphatic carbocycles. The Hall–Kier alpha value is -1.82. The maximum absolute atomic E-state index is 13.6. The zero-order valence-corrected chi connectivity index (χ0v) is 10.2. The van der Waals surface area contributed by atoms with Crippen LogP contribution < -0.4 is 5.32 Å². The average molecular weight is 265 g/mol. The zero-order chi connectivity index (χ0) is 13.2. The zero-order valence-electron chi connectivity index (χ0n) is 10.2. The highest BCUT2D eigenvalue weighted by atomic mass is 19.1. The van der Waals surface area contributed by atoms with Crippen LogP contribution in [0.25, 0.3) is 11.5 Å². The Labute approximate surface area is 108 Å². The van der Waals surface area contributed by atoms with E-state index in [1.807, 2.05) is 0 Å². The fourth-order valence-electron chi connectivity index (χ4n) is 2.25. The van der Waals surface area contributed by atoms with Gasteiger partial charge < -0.3 is 9.84 Å². The molecule has 1 aromatic carbocycles. The van der Waals surface area contributed by atoms with Gasteiger partial charge in [-0.1, -0.05) is 5.16 Å². The Morgan fingerprint density at radius 3 is 2.74 bits per heavy atom. The third kappa shape index (κ3) is 2.49. The van der Waals surface area contributed by atoms with Crippen molar-refractivity contribution >= 4 is 0 Å². The standard InChI is InChI=1S/C13H13F2N3O/c14-9-1-2-10(11(15)7-9)13-17-12(18-19-13)8-3-5-16-6-4-8/h1-2,7-8,16H,3-6H2. The molecular weight excluding hydrogens is 252 g/mol. The number of rotatable bonds is 2. The monoisotopic (exact) mass is 265 g/mol. The van der Waals surface area contributed by atoms with E-state index in [0.29, 0.717) is 5.82 Å². The van der Waals surface area contributed by atoms with Crippen LogP contribution in [0.2, 0.25) is 0 Å². The summed E-state index contributed by atoms with van der Waals surface area (Å²) >= 11 is 0. The number of halogens is 2. The van der Waals surface area contributed by atoms with E-state index in [0.717, 1.165) is 32.0 Å². The maximum atomic E-state index is 13.6. The molecule has 0 unspecified atom stereocenters. The van der Waals surface area contributed by atoms with Crippen molar-refractivity contribution in [3.05, 3.63) is 35.7 Å². The van der Waals surface area contributed by atoms with Crippen LogP contribution >= 0.6 is 0 Å². The fraction of sp³-hybridized carbons (Fsp3) is 0.385. The van der Waals surface area contributed by atoms with E-state index in [-0.39, 0.29) is 17.4 Å². The summed E-state index contributed by atoms with van der Waals surface area (Å²) in [5.41, 5.74) is 0.133. The van der Waals surface area contributed by atoms with Crippen LogP contribution in [0.5, 0.6) is 0 Å². The molecule has 100 valence electrons. The number of aromatic nitrogens is 2. The number of piperidine rings is 1. The van der Waals surface area contributed by atoms with Crippen molar-refractivity contribution in [2.24, 2.45) is 0 Å². The molecule has 2 heterocycles. The van der Waals surface area contributed by atoms with Gasteiger partial charge in [-0.25, -0.2) is 8.78 Å². The highest BCUT2D eigenvalue weighted by Gasteiger charge is 2.22. The molecule has 4 nitrogen and oxygen atoms in total. The van der Waals surface area contributed by atoms with E-state index in [2.05, 4.69) is 15.5 Å². The highest BCUT2D eigenvalue weighted by Crippen LogP contribution is 2.27. The summed E-state index contributed by atoms with van der Waals surface area (Å²) in [6.07, 6.45) is 1.87. The van der Waals surface area contributed by atoms with Crippen LogP contribution in [-0.4, -0.2) is 23.2 Å². The molecule has 0 atom stereocenters. The summed E-state index contributed by atoms with van der Waals surface area (Å²) in [7, 11) is 0. The second-order valence-electron chi connectivity index (χ2n) is 4.61. The van der Waals surface area contributed by atoms with Gasteiger partial charge in [-0.2, -0.15) is 4.98 Å². The van der Waals surface area contributed by atoms with E-state index in [9.17, 15) is 8.78 Å². The average Bonchev–Trinajstić information content (AvgIpc) is 2.89. The molecule has 0 spiro atoms. The lowest BCUT2D eigenvalue weighted by atomic mass is 9.98. The summed E-state index contributed by atoms with van der Waals surface area (Å²) in [5.74, 6) is -0.381. The van der Waals surface area contributed by atoms with Gasteiger partial charge in [-0.3, -0.25) is 0 Å². The van der Waals surface area contributed by atoms with E-state index >= 15 is 0 Å². The predicted octanol–water partition coefficient (Wildman–Crippen LogP) is 2.48. The fourth-order valence-corrected chi connectivity index (χ4v) is 2.25. The van der Waals surface area contributed by atoms with Crippen molar-refractivity contribution in [1.82, 2.24) is 15.5 Å². The van der Waals surface area contributed by atoms with Crippen molar-refractivity contribution in [3.63, 3.8) is 0 Å². The Balaban J connectivity index is 1.87. The van der Waals surface area contributed by atoms with Crippen LogP contribution in [0.1, 0.15) is 24.6 Å². The first-order valence-corrected chi connectivity index (χ1v) is 6.24. The number of hydrogen-bond acceptors (Lipinski definition) is 4. The minimum atomic E-state index is -0.694. The largest absolute Gasteiger partial charge is 0.334 e. The molecule has 3 rings (SSSR count). The quantitative estimate of drug-likeness (QED) is 0.906. The van der Waals surface area contributed by atoms with E-state index in [4.69, 9.17) is 4.52 Å². The summed E-state index contributed by atoms with van der Waals surface area (Å²) in [6.45, 7) is 1.83. The van der Waals surface area contributed by atoms with Gasteiger partial charge in [0.2, 0.25) is 0 Å². The van der Waals surface area contributed by atoms with Gasteiger partial charge in [0.15, 0.2) is 5.82 Å². The molecule has 0 bridgehead atoms. The molecule has 1 saturated heterocycles. The predicted molar refractivity (Wildman–Crippen MR) is 64.5 cm³/mol. The number of hydrogen-bond donors (Lipinski definition) is 1. The summed E-state index contributed by atoms with van der Waals surface area (Å²) in [6, 6.07) is 3.29. The first kappa shape index (κ1) is 12.2. The molecule has 0 amide bonds. The molecule has 1 aliphatic rings. The maximum Gasteiger partial charge on any atom is 0.260 e. The van der Waals surface area contributed by atoms with Gasteiger partial charge in [0.1, 0.15) is 11.6 Å². The highest BCUT2D eigenvalue weighted by molar-refractivity contribution is 5.53. The van der Waals surface area contributed by atoms with Gasteiger partial charge in [0.05, 0.1) is 5.56 Å². The number of nitrogens with zero attached hydrogens (tertiary/aromatic N) is 2. The van der Waals surface area contributed by atoms with Crippen molar-refractivity contribution in [2.45, 2.75) is 18.8 Å². The minimum absolute atomic E-state index is 0.103. The SMILES string of the molecule is Fc1ccc(-c2nc(C3CCNCC3)no2)c(F)c1. The second kappa shape index (κ2) is 5.05. The number of benzene rings is 1. The normalized spacial score (nSPS) is 16.7. The lowest BCUT2D eigenvalue weighted by Crippen LogP contribution is -2.27. The van der Waals surface area contributed by atoms with Crippen molar-refractivity contribution in [1.29, 1.82) is 0 Å². The van der Waals surface area contributed by atoms with Crippen LogP contribution in [-0.2, 0) is 0 Å². The topological polar surface area (TPSA) is 51.0 Å². The number of nitrogens with one attached hydrogen (secondary N) is 1. The lowest BCUT2D eigenvalue weighted by molar-refractivity contribution is 0.391. The van der Waals surface area contributed by atoms with Gasteiger partial charge in [-0.15, -0.1) is 0 Å². The van der Waals surface area contributed by atoms with Crippen molar-refractivity contribution in [3.8, 4) is 11.5 Å². The molecule has 1 aromatic heterocycles. The summed E-state index contributed by atoms with van der Waals surface area (Å²) in [4.78, 5) is 4.23. The van der Waals surface area contributed by atoms with E-state index < -0.39 is 11.6 Å². The molecule has 19 heavy (non-hydrogen) atoms. The lowest BCUT2D eigenvalue weighted by Gasteiger charge is -2.18. The third-order valence-corrected chi connectivity index (χ3v) is 3.31. The van der Waals surface area contributed by atoms with Crippen LogP contribution in [0.3, 0.4) is 0 Å². The molecule has 0 radical (unpaired) electrons. The Morgan fingerprint density at radius 1 is 1.21 bits per heavy atom. The molecule has 1 fully saturated rings. The van der Waals surface area contributed by atoms with E-state index in [1.165, 1.54) is 12.1 Å². The molecule has 0 saturated carbocycles. The smallest absolute Gasteiger partial charge is 0.260 e. The van der Waals surface area contributed by atoms with Gasteiger partial charge in [-0.05, 0) is 38.1 Å². The summed E-state index contributed by atoms with van der Waals surface area (Å²) in [5, 5.41) is 7.16. The van der Waals surface area contributed by atoms with Crippen LogP contribution in [0.15, 0.2) is 22.7 Å². The Kier molecular flexibility index (Phi) is 3.25. The second-order valence-corrected chi connectivity index (χ2v) is 4.61. The van der Waals surface area contributed by atoms with Crippen LogP contribution in [0, 0.1) is 11.6 Å². The van der Waals surface area contributed by atoms with E-state index in [1.54, 1.807) is 0 Å². The van der Waals surface area contributed by atoms with Crippen molar-refractivity contribution < 1.29 is 13.3 Å². The van der Waals surface area contributed by atoms with Gasteiger partial charge >= 0.3 is 0 Å². The Morgan fingerprint density at radius 2 is 2.00 bits per heavy atom. The molecular formula is C13H13F2N3O. The Bertz CT molecular complexity index is 579. The molecule has 2 aromatic rings. The first-order chi connectivity index (χ1) is 9.24. The first-order valence-electron chi connectivity index (χ1n) is 6.24. The van der Waals surface area contributed by atoms with Crippen LogP contribution in [0.4, 0.5) is 8.78 Å². The van der Waals surface area contributed by atoms with Gasteiger partial charge in [0.25, 0.3) is 5.89 Å². The minimum Gasteiger partial charge on any atom is -0.334 e. The van der Waals surface area contributed by atoms with Gasteiger partial charge in [0, 0.05) is 12.0 Å². The molecule has 6 heteroatoms. The summed E-state index contributed by atoms with van der Waals surface area (Å²) < 4.78 is 31.5.